The molecule has 128 valence electrons. The van der Waals surface area contributed by atoms with Crippen LogP contribution in [0.5, 0.6) is 0 Å². The summed E-state index contributed by atoms with van der Waals surface area (Å²) in [7, 11) is 0. The number of carbonyl (C=O) groups excluding carboxylic acids is 2. The first kappa shape index (κ1) is 16.8. The zero-order valence-electron chi connectivity index (χ0n) is 13.8. The highest BCUT2D eigenvalue weighted by atomic mass is 19.1. The molecule has 0 atom stereocenters. The molecule has 1 aromatic heterocycles. The molecule has 5 nitrogen and oxygen atoms in total. The summed E-state index contributed by atoms with van der Waals surface area (Å²) in [5, 5.41) is 0. The number of hydrogen-bond donors (Lipinski definition) is 0. The summed E-state index contributed by atoms with van der Waals surface area (Å²) in [4.78, 5) is 28.2. The minimum atomic E-state index is -0.556. The molecule has 0 aliphatic rings. The van der Waals surface area contributed by atoms with Gasteiger partial charge in [0, 0.05) is 11.1 Å². The Labute approximate surface area is 143 Å². The van der Waals surface area contributed by atoms with Gasteiger partial charge in [0.2, 0.25) is 5.89 Å². The third-order valence-electron chi connectivity index (χ3n) is 3.74. The fraction of sp³-hybridized carbons (Fsp3) is 0.211. The predicted molar refractivity (Wildman–Crippen MR) is 89.7 cm³/mol. The molecule has 1 heterocycles. The van der Waals surface area contributed by atoms with Crippen LogP contribution in [0.2, 0.25) is 0 Å². The van der Waals surface area contributed by atoms with E-state index in [0.29, 0.717) is 33.7 Å². The van der Waals surface area contributed by atoms with Gasteiger partial charge in [-0.25, -0.2) is 9.37 Å². The van der Waals surface area contributed by atoms with Crippen molar-refractivity contribution in [2.45, 2.75) is 20.3 Å². The molecule has 3 rings (SSSR count). The van der Waals surface area contributed by atoms with Crippen molar-refractivity contribution in [3.63, 3.8) is 0 Å². The summed E-state index contributed by atoms with van der Waals surface area (Å²) in [5.41, 5.74) is 2.74. The molecule has 0 unspecified atom stereocenters. The van der Waals surface area contributed by atoms with Gasteiger partial charge in [-0.3, -0.25) is 9.59 Å². The van der Waals surface area contributed by atoms with Crippen LogP contribution in [0, 0.1) is 12.7 Å². The second-order valence-corrected chi connectivity index (χ2v) is 5.57. The fourth-order valence-electron chi connectivity index (χ4n) is 2.53. The van der Waals surface area contributed by atoms with Gasteiger partial charge in [0.25, 0.3) is 0 Å². The molecule has 0 bridgehead atoms. The van der Waals surface area contributed by atoms with E-state index in [4.69, 9.17) is 9.15 Å². The van der Waals surface area contributed by atoms with Gasteiger partial charge in [-0.05, 0) is 55.8 Å². The van der Waals surface area contributed by atoms with Gasteiger partial charge in [0.15, 0.2) is 11.4 Å². The first-order chi connectivity index (χ1) is 12.0. The van der Waals surface area contributed by atoms with Crippen molar-refractivity contribution >= 4 is 22.9 Å². The number of Topliss-reactive ketones (excluding diaryl/α,β-unsaturated/α-hetero) is 1. The Hall–Kier alpha value is -3.02. The van der Waals surface area contributed by atoms with Crippen molar-refractivity contribution in [3.8, 4) is 11.5 Å². The standard InChI is InChI=1S/C19H16FNO4/c1-3-24-18(23)10-16(22)14-9-15-17(8-11(14)2)25-19(21-15)12-4-6-13(20)7-5-12/h4-9H,3,10H2,1-2H3. The molecular weight excluding hydrogens is 325 g/mol. The third-order valence-corrected chi connectivity index (χ3v) is 3.74. The average Bonchev–Trinajstić information content (AvgIpc) is 2.97. The van der Waals surface area contributed by atoms with Crippen LogP contribution in [0.4, 0.5) is 4.39 Å². The highest BCUT2D eigenvalue weighted by Gasteiger charge is 2.18. The van der Waals surface area contributed by atoms with Gasteiger partial charge in [-0.15, -0.1) is 0 Å². The molecule has 0 spiro atoms. The van der Waals surface area contributed by atoms with Gasteiger partial charge in [-0.2, -0.15) is 0 Å². The summed E-state index contributed by atoms with van der Waals surface area (Å²) in [6.07, 6.45) is -0.317. The van der Waals surface area contributed by atoms with Gasteiger partial charge >= 0.3 is 5.97 Å². The highest BCUT2D eigenvalue weighted by Crippen LogP contribution is 2.27. The van der Waals surface area contributed by atoms with Gasteiger partial charge in [-0.1, -0.05) is 0 Å². The maximum Gasteiger partial charge on any atom is 0.313 e. The van der Waals surface area contributed by atoms with Crippen molar-refractivity contribution in [1.82, 2.24) is 4.98 Å². The van der Waals surface area contributed by atoms with Crippen LogP contribution in [0.15, 0.2) is 40.8 Å². The van der Waals surface area contributed by atoms with Crippen LogP contribution < -0.4 is 0 Å². The number of fused-ring (bicyclic) bond motifs is 1. The smallest absolute Gasteiger partial charge is 0.313 e. The number of halogens is 1. The molecule has 6 heteroatoms. The molecule has 0 saturated heterocycles. The largest absolute Gasteiger partial charge is 0.466 e. The zero-order chi connectivity index (χ0) is 18.0. The van der Waals surface area contributed by atoms with Gasteiger partial charge in [0.1, 0.15) is 17.8 Å². The van der Waals surface area contributed by atoms with Crippen molar-refractivity contribution in [2.24, 2.45) is 0 Å². The fourth-order valence-corrected chi connectivity index (χ4v) is 2.53. The second kappa shape index (κ2) is 6.84. The maximum absolute atomic E-state index is 13.0. The monoisotopic (exact) mass is 341 g/mol. The van der Waals surface area contributed by atoms with Crippen LogP contribution in [0.3, 0.4) is 0 Å². The zero-order valence-corrected chi connectivity index (χ0v) is 13.8. The van der Waals surface area contributed by atoms with E-state index in [1.165, 1.54) is 12.1 Å². The first-order valence-corrected chi connectivity index (χ1v) is 7.84. The number of oxazole rings is 1. The van der Waals surface area contributed by atoms with Gasteiger partial charge < -0.3 is 9.15 Å². The van der Waals surface area contributed by atoms with Crippen molar-refractivity contribution < 1.29 is 23.1 Å². The number of benzene rings is 2. The summed E-state index contributed by atoms with van der Waals surface area (Å²) in [6.45, 7) is 3.68. The molecule has 25 heavy (non-hydrogen) atoms. The van der Waals surface area contributed by atoms with Crippen LogP contribution in [0.1, 0.15) is 29.3 Å². The van der Waals surface area contributed by atoms with Gasteiger partial charge in [0.05, 0.1) is 6.61 Å². The summed E-state index contributed by atoms with van der Waals surface area (Å²) in [6, 6.07) is 9.09. The van der Waals surface area contributed by atoms with Crippen LogP contribution in [0.25, 0.3) is 22.6 Å². The molecule has 0 radical (unpaired) electrons. The first-order valence-electron chi connectivity index (χ1n) is 7.84. The van der Waals surface area contributed by atoms with Crippen LogP contribution in [-0.4, -0.2) is 23.3 Å². The van der Waals surface area contributed by atoms with Crippen molar-refractivity contribution in [3.05, 3.63) is 53.3 Å². The second-order valence-electron chi connectivity index (χ2n) is 5.57. The summed E-state index contributed by atoms with van der Waals surface area (Å²) in [5.74, 6) is -0.893. The topological polar surface area (TPSA) is 69.4 Å². The summed E-state index contributed by atoms with van der Waals surface area (Å²) < 4.78 is 23.5. The van der Waals surface area contributed by atoms with E-state index in [1.54, 1.807) is 38.1 Å². The summed E-state index contributed by atoms with van der Waals surface area (Å²) >= 11 is 0. The van der Waals surface area contributed by atoms with E-state index in [-0.39, 0.29) is 24.6 Å². The molecule has 3 aromatic rings. The number of ether oxygens (including phenoxy) is 1. The highest BCUT2D eigenvalue weighted by molar-refractivity contribution is 6.08. The van der Waals surface area contributed by atoms with Crippen LogP contribution in [-0.2, 0) is 9.53 Å². The Morgan fingerprint density at radius 2 is 1.92 bits per heavy atom. The average molecular weight is 341 g/mol. The maximum atomic E-state index is 13.0. The Kier molecular flexibility index (Phi) is 4.61. The van der Waals surface area contributed by atoms with Crippen LogP contribution >= 0.6 is 0 Å². The van der Waals surface area contributed by atoms with E-state index in [0.717, 1.165) is 0 Å². The lowest BCUT2D eigenvalue weighted by Crippen LogP contribution is -2.12. The van der Waals surface area contributed by atoms with Crippen molar-refractivity contribution in [1.29, 1.82) is 0 Å². The van der Waals surface area contributed by atoms with E-state index in [9.17, 15) is 14.0 Å². The number of carbonyl (C=O) groups is 2. The number of esters is 1. The molecular formula is C19H16FNO4. The number of aromatic nitrogens is 1. The molecule has 2 aromatic carbocycles. The predicted octanol–water partition coefficient (Wildman–Crippen LogP) is 4.08. The Morgan fingerprint density at radius 3 is 2.60 bits per heavy atom. The third kappa shape index (κ3) is 3.57. The number of aryl methyl sites for hydroxylation is 1. The minimum Gasteiger partial charge on any atom is -0.466 e. The van der Waals surface area contributed by atoms with E-state index >= 15 is 0 Å². The molecule has 0 aliphatic carbocycles. The SMILES string of the molecule is CCOC(=O)CC(=O)c1cc2nc(-c3ccc(F)cc3)oc2cc1C. The number of hydrogen-bond acceptors (Lipinski definition) is 5. The molecule has 0 saturated carbocycles. The molecule has 0 amide bonds. The van der Waals surface area contributed by atoms with E-state index in [1.807, 2.05) is 0 Å². The molecule has 0 fully saturated rings. The number of rotatable bonds is 5. The number of ketones is 1. The molecule has 0 aliphatic heterocycles. The Morgan fingerprint density at radius 1 is 1.20 bits per heavy atom. The lowest BCUT2D eigenvalue weighted by Gasteiger charge is -2.04. The minimum absolute atomic E-state index is 0.231. The molecule has 0 N–H and O–H groups in total. The Bertz CT molecular complexity index is 944. The lowest BCUT2D eigenvalue weighted by molar-refractivity contribution is -0.141. The number of nitrogens with zero attached hydrogens (tertiary/aromatic N) is 1. The lowest BCUT2D eigenvalue weighted by atomic mass is 10.0. The quantitative estimate of drug-likeness (QED) is 0.397. The van der Waals surface area contributed by atoms with Crippen molar-refractivity contribution in [2.75, 3.05) is 6.61 Å². The Balaban J connectivity index is 1.94. The van der Waals surface area contributed by atoms with E-state index in [2.05, 4.69) is 4.98 Å². The van der Waals surface area contributed by atoms with E-state index < -0.39 is 5.97 Å². The normalized spacial score (nSPS) is 10.8.